The van der Waals surface area contributed by atoms with Crippen LogP contribution in [0.25, 0.3) is 0 Å². The van der Waals surface area contributed by atoms with Crippen molar-refractivity contribution < 1.29 is 4.79 Å². The van der Waals surface area contributed by atoms with Gasteiger partial charge >= 0.3 is 0 Å². The monoisotopic (exact) mass is 236 g/mol. The largest absolute Gasteiger partial charge is 0.355 e. The first-order chi connectivity index (χ1) is 8.15. The number of hydrogen-bond acceptors (Lipinski definition) is 2. The van der Waals surface area contributed by atoms with Crippen LogP contribution in [0.15, 0.2) is 0 Å². The molecule has 3 fully saturated rings. The first-order valence-corrected chi connectivity index (χ1v) is 7.14. The van der Waals surface area contributed by atoms with Crippen LogP contribution in [-0.2, 0) is 4.79 Å². The third-order valence-electron chi connectivity index (χ3n) is 5.27. The molecule has 1 amide bonds. The standard InChI is InChI=1S/C14H24N2O/c1-13(6-7-13)9-16-12(17)14-5-3-2-4-11(14)8-15-10-14/h11,15H,2-10H2,1H3,(H,16,17)/t11-,14+/m0/s1. The van der Waals surface area contributed by atoms with E-state index in [2.05, 4.69) is 17.6 Å². The van der Waals surface area contributed by atoms with Gasteiger partial charge in [-0.3, -0.25) is 4.79 Å². The molecule has 1 heterocycles. The molecule has 0 unspecified atom stereocenters. The zero-order valence-electron chi connectivity index (χ0n) is 10.8. The second-order valence-corrected chi connectivity index (χ2v) is 6.72. The summed E-state index contributed by atoms with van der Waals surface area (Å²) in [7, 11) is 0. The lowest BCUT2D eigenvalue weighted by Gasteiger charge is -2.37. The van der Waals surface area contributed by atoms with Crippen LogP contribution in [0.3, 0.4) is 0 Å². The van der Waals surface area contributed by atoms with Crippen molar-refractivity contribution in [2.24, 2.45) is 16.7 Å². The number of carbonyl (C=O) groups excluding carboxylic acids is 1. The molecule has 2 N–H and O–H groups in total. The van der Waals surface area contributed by atoms with Crippen molar-refractivity contribution in [3.63, 3.8) is 0 Å². The van der Waals surface area contributed by atoms with Crippen molar-refractivity contribution in [1.29, 1.82) is 0 Å². The van der Waals surface area contributed by atoms with Gasteiger partial charge in [0.05, 0.1) is 5.41 Å². The fraction of sp³-hybridized carbons (Fsp3) is 0.929. The van der Waals surface area contributed by atoms with Crippen molar-refractivity contribution in [3.05, 3.63) is 0 Å². The summed E-state index contributed by atoms with van der Waals surface area (Å²) in [5, 5.41) is 6.68. The van der Waals surface area contributed by atoms with E-state index in [1.54, 1.807) is 0 Å². The molecule has 0 spiro atoms. The average molecular weight is 236 g/mol. The number of carbonyl (C=O) groups is 1. The van der Waals surface area contributed by atoms with Gasteiger partial charge in [-0.15, -0.1) is 0 Å². The summed E-state index contributed by atoms with van der Waals surface area (Å²) >= 11 is 0. The highest BCUT2D eigenvalue weighted by Crippen LogP contribution is 2.46. The second-order valence-electron chi connectivity index (χ2n) is 6.72. The summed E-state index contributed by atoms with van der Waals surface area (Å²) in [6, 6.07) is 0. The lowest BCUT2D eigenvalue weighted by atomic mass is 9.67. The minimum Gasteiger partial charge on any atom is -0.355 e. The van der Waals surface area contributed by atoms with Crippen LogP contribution in [0.1, 0.15) is 45.4 Å². The van der Waals surface area contributed by atoms with Crippen molar-refractivity contribution in [2.75, 3.05) is 19.6 Å². The fourth-order valence-corrected chi connectivity index (χ4v) is 3.55. The topological polar surface area (TPSA) is 41.1 Å². The molecular formula is C14H24N2O. The van der Waals surface area contributed by atoms with E-state index < -0.39 is 0 Å². The third-order valence-corrected chi connectivity index (χ3v) is 5.27. The fourth-order valence-electron chi connectivity index (χ4n) is 3.55. The highest BCUT2D eigenvalue weighted by Gasteiger charge is 2.50. The van der Waals surface area contributed by atoms with Gasteiger partial charge in [-0.2, -0.15) is 0 Å². The van der Waals surface area contributed by atoms with E-state index in [0.717, 1.165) is 26.1 Å². The number of nitrogens with one attached hydrogen (secondary N) is 2. The second kappa shape index (κ2) is 3.98. The Labute approximate surface area is 104 Å². The molecule has 3 heteroatoms. The molecule has 3 nitrogen and oxygen atoms in total. The van der Waals surface area contributed by atoms with Crippen molar-refractivity contribution in [3.8, 4) is 0 Å². The third kappa shape index (κ3) is 1.99. The Morgan fingerprint density at radius 2 is 2.18 bits per heavy atom. The van der Waals surface area contributed by atoms with Crippen LogP contribution in [0.2, 0.25) is 0 Å². The van der Waals surface area contributed by atoms with E-state index in [4.69, 9.17) is 0 Å². The first kappa shape index (κ1) is 11.5. The number of rotatable bonds is 3. The van der Waals surface area contributed by atoms with Crippen LogP contribution in [0.5, 0.6) is 0 Å². The van der Waals surface area contributed by atoms with E-state index in [-0.39, 0.29) is 5.41 Å². The van der Waals surface area contributed by atoms with Gasteiger partial charge < -0.3 is 10.6 Å². The lowest BCUT2D eigenvalue weighted by molar-refractivity contribution is -0.134. The van der Waals surface area contributed by atoms with Crippen molar-refractivity contribution >= 4 is 5.91 Å². The minimum absolute atomic E-state index is 0.0660. The van der Waals surface area contributed by atoms with Gasteiger partial charge in [-0.1, -0.05) is 19.8 Å². The number of fused-ring (bicyclic) bond motifs is 1. The van der Waals surface area contributed by atoms with Gasteiger partial charge in [-0.05, 0) is 43.6 Å². The Bertz CT molecular complexity index is 324. The maximum absolute atomic E-state index is 12.5. The Morgan fingerprint density at radius 3 is 2.94 bits per heavy atom. The predicted molar refractivity (Wildman–Crippen MR) is 67.6 cm³/mol. The Balaban J connectivity index is 1.65. The smallest absolute Gasteiger partial charge is 0.227 e. The van der Waals surface area contributed by atoms with Gasteiger partial charge in [-0.25, -0.2) is 0 Å². The van der Waals surface area contributed by atoms with Crippen LogP contribution >= 0.6 is 0 Å². The Morgan fingerprint density at radius 1 is 1.35 bits per heavy atom. The van der Waals surface area contributed by atoms with Gasteiger partial charge in [0.2, 0.25) is 5.91 Å². The molecule has 0 radical (unpaired) electrons. The highest BCUT2D eigenvalue weighted by atomic mass is 16.2. The summed E-state index contributed by atoms with van der Waals surface area (Å²) < 4.78 is 0. The quantitative estimate of drug-likeness (QED) is 0.783. The zero-order valence-corrected chi connectivity index (χ0v) is 10.8. The van der Waals surface area contributed by atoms with E-state index in [9.17, 15) is 4.79 Å². The van der Waals surface area contributed by atoms with Gasteiger partial charge in [0.15, 0.2) is 0 Å². The molecule has 2 atom stereocenters. The summed E-state index contributed by atoms with van der Waals surface area (Å²) in [6.45, 7) is 5.11. The van der Waals surface area contributed by atoms with E-state index in [1.807, 2.05) is 0 Å². The SMILES string of the molecule is CC1(CNC(=O)[C@@]23CCCC[C@H]2CNC3)CC1. The van der Waals surface area contributed by atoms with Crippen molar-refractivity contribution in [2.45, 2.75) is 45.4 Å². The number of amides is 1. The maximum atomic E-state index is 12.5. The summed E-state index contributed by atoms with van der Waals surface area (Å²) in [4.78, 5) is 12.5. The molecule has 2 saturated carbocycles. The summed E-state index contributed by atoms with van der Waals surface area (Å²) in [5.41, 5.74) is 0.353. The highest BCUT2D eigenvalue weighted by molar-refractivity contribution is 5.84. The van der Waals surface area contributed by atoms with Crippen LogP contribution in [-0.4, -0.2) is 25.5 Å². The average Bonchev–Trinajstić information content (AvgIpc) is 2.92. The van der Waals surface area contributed by atoms with E-state index in [0.29, 0.717) is 17.2 Å². The molecule has 96 valence electrons. The summed E-state index contributed by atoms with van der Waals surface area (Å²) in [6.07, 6.45) is 7.41. The van der Waals surface area contributed by atoms with Gasteiger partial charge in [0.1, 0.15) is 0 Å². The molecule has 3 aliphatic rings. The summed E-state index contributed by atoms with van der Waals surface area (Å²) in [5.74, 6) is 0.920. The zero-order chi connectivity index (χ0) is 11.9. The van der Waals surface area contributed by atoms with Crippen LogP contribution in [0, 0.1) is 16.7 Å². The normalized spacial score (nSPS) is 38.5. The predicted octanol–water partition coefficient (Wildman–Crippen LogP) is 1.68. The molecule has 3 rings (SSSR count). The minimum atomic E-state index is -0.0660. The van der Waals surface area contributed by atoms with E-state index >= 15 is 0 Å². The van der Waals surface area contributed by atoms with Crippen molar-refractivity contribution in [1.82, 2.24) is 10.6 Å². The molecule has 0 aromatic heterocycles. The van der Waals surface area contributed by atoms with E-state index in [1.165, 1.54) is 32.1 Å². The molecular weight excluding hydrogens is 212 g/mol. The maximum Gasteiger partial charge on any atom is 0.227 e. The Kier molecular flexibility index (Phi) is 2.69. The molecule has 0 aromatic carbocycles. The van der Waals surface area contributed by atoms with Crippen LogP contribution in [0.4, 0.5) is 0 Å². The molecule has 1 aliphatic heterocycles. The van der Waals surface area contributed by atoms with Gasteiger partial charge in [0, 0.05) is 13.1 Å². The number of hydrogen-bond donors (Lipinski definition) is 2. The Hall–Kier alpha value is -0.570. The van der Waals surface area contributed by atoms with Crippen LogP contribution < -0.4 is 10.6 Å². The first-order valence-electron chi connectivity index (χ1n) is 7.14. The lowest BCUT2D eigenvalue weighted by Crippen LogP contribution is -2.48. The molecule has 1 saturated heterocycles. The molecule has 2 aliphatic carbocycles. The molecule has 0 aromatic rings. The molecule has 17 heavy (non-hydrogen) atoms. The van der Waals surface area contributed by atoms with Gasteiger partial charge in [0.25, 0.3) is 0 Å². The molecule has 0 bridgehead atoms.